The van der Waals surface area contributed by atoms with Gasteiger partial charge in [0.05, 0.1) is 16.8 Å². The molecule has 0 saturated carbocycles. The number of hydrogen-bond donors (Lipinski definition) is 1. The normalized spacial score (nSPS) is 14.4. The van der Waals surface area contributed by atoms with E-state index in [2.05, 4.69) is 27.3 Å². The van der Waals surface area contributed by atoms with Crippen LogP contribution in [0, 0.1) is 0 Å². The third-order valence-corrected chi connectivity index (χ3v) is 6.83. The summed E-state index contributed by atoms with van der Waals surface area (Å²) in [5.74, 6) is 0.687. The number of thiazole rings is 1. The van der Waals surface area contributed by atoms with Crippen molar-refractivity contribution in [2.24, 2.45) is 0 Å². The Kier molecular flexibility index (Phi) is 6.85. The van der Waals surface area contributed by atoms with Crippen molar-refractivity contribution < 1.29 is 4.79 Å². The van der Waals surface area contributed by atoms with Crippen LogP contribution >= 0.6 is 23.1 Å². The van der Waals surface area contributed by atoms with Crippen LogP contribution in [0.4, 0.5) is 11.4 Å². The lowest BCUT2D eigenvalue weighted by Crippen LogP contribution is -2.23. The van der Waals surface area contributed by atoms with Crippen LogP contribution in [0.2, 0.25) is 0 Å². The van der Waals surface area contributed by atoms with E-state index in [4.69, 9.17) is 0 Å². The van der Waals surface area contributed by atoms with E-state index in [-0.39, 0.29) is 5.91 Å². The maximum atomic E-state index is 12.9. The molecular weight excluding hydrogens is 398 g/mol. The highest BCUT2D eigenvalue weighted by Crippen LogP contribution is 2.27. The van der Waals surface area contributed by atoms with Crippen LogP contribution in [0.5, 0.6) is 0 Å². The largest absolute Gasteiger partial charge is 0.372 e. The van der Waals surface area contributed by atoms with Gasteiger partial charge >= 0.3 is 0 Å². The van der Waals surface area contributed by atoms with E-state index >= 15 is 0 Å². The molecule has 0 spiro atoms. The minimum Gasteiger partial charge on any atom is -0.372 e. The lowest BCUT2D eigenvalue weighted by atomic mass is 10.2. The van der Waals surface area contributed by atoms with E-state index in [0.29, 0.717) is 5.56 Å². The van der Waals surface area contributed by atoms with Crippen molar-refractivity contribution >= 4 is 40.4 Å². The van der Waals surface area contributed by atoms with Gasteiger partial charge in [-0.15, -0.1) is 23.1 Å². The van der Waals surface area contributed by atoms with Crippen LogP contribution in [0.15, 0.2) is 64.3 Å². The molecule has 1 fully saturated rings. The molecule has 1 amide bonds. The van der Waals surface area contributed by atoms with E-state index in [1.165, 1.54) is 31.4 Å². The van der Waals surface area contributed by atoms with Crippen molar-refractivity contribution in [2.75, 3.05) is 23.3 Å². The number of carbonyl (C=O) groups excluding carboxylic acids is 1. The first-order valence-electron chi connectivity index (χ1n) is 10.0. The summed E-state index contributed by atoms with van der Waals surface area (Å²) in [4.78, 5) is 20.6. The molecule has 1 saturated heterocycles. The Bertz CT molecular complexity index is 918. The van der Waals surface area contributed by atoms with E-state index in [1.54, 1.807) is 23.1 Å². The Morgan fingerprint density at radius 3 is 2.52 bits per heavy atom. The topological polar surface area (TPSA) is 45.2 Å². The van der Waals surface area contributed by atoms with Gasteiger partial charge in [-0.05, 0) is 49.2 Å². The monoisotopic (exact) mass is 423 g/mol. The number of benzene rings is 2. The Balaban J connectivity index is 1.41. The molecule has 0 radical (unpaired) electrons. The summed E-state index contributed by atoms with van der Waals surface area (Å²) >= 11 is 3.24. The molecule has 2 aromatic carbocycles. The van der Waals surface area contributed by atoms with Gasteiger partial charge in [0.25, 0.3) is 5.91 Å². The zero-order valence-electron chi connectivity index (χ0n) is 16.3. The van der Waals surface area contributed by atoms with Crippen LogP contribution < -0.4 is 10.2 Å². The smallest absolute Gasteiger partial charge is 0.256 e. The average molecular weight is 424 g/mol. The summed E-state index contributed by atoms with van der Waals surface area (Å²) in [7, 11) is 0. The zero-order valence-corrected chi connectivity index (χ0v) is 18.0. The van der Waals surface area contributed by atoms with E-state index in [1.807, 2.05) is 47.3 Å². The predicted molar refractivity (Wildman–Crippen MR) is 123 cm³/mol. The van der Waals surface area contributed by atoms with Crippen molar-refractivity contribution in [1.82, 2.24) is 4.98 Å². The fourth-order valence-electron chi connectivity index (χ4n) is 3.52. The van der Waals surface area contributed by atoms with Gasteiger partial charge in [0.2, 0.25) is 0 Å². The molecule has 6 heteroatoms. The molecule has 2 heterocycles. The third kappa shape index (κ3) is 5.40. The quantitative estimate of drug-likeness (QED) is 0.489. The van der Waals surface area contributed by atoms with Crippen molar-refractivity contribution in [1.29, 1.82) is 0 Å². The van der Waals surface area contributed by atoms with Crippen LogP contribution in [0.3, 0.4) is 0 Å². The van der Waals surface area contributed by atoms with Gasteiger partial charge in [0, 0.05) is 40.5 Å². The summed E-state index contributed by atoms with van der Waals surface area (Å²) < 4.78 is 0. The number of rotatable bonds is 6. The summed E-state index contributed by atoms with van der Waals surface area (Å²) in [5.41, 5.74) is 5.64. The minimum absolute atomic E-state index is 0.0751. The molecule has 4 nitrogen and oxygen atoms in total. The number of anilines is 2. The standard InChI is InChI=1S/C23H25N3OS2/c27-23(21-7-3-4-8-22(21)29-16-19-15-28-17-24-19)25-18-9-11-20(12-10-18)26-13-5-1-2-6-14-26/h3-4,7-12,15,17H,1-2,5-6,13-14,16H2,(H,25,27). The second-order valence-corrected chi connectivity index (χ2v) is 8.90. The molecule has 0 atom stereocenters. The number of amides is 1. The average Bonchev–Trinajstić information content (AvgIpc) is 3.13. The first-order chi connectivity index (χ1) is 14.3. The molecule has 1 N–H and O–H groups in total. The molecule has 1 aliphatic heterocycles. The number of aromatic nitrogens is 1. The molecular formula is C23H25N3OS2. The fraction of sp³-hybridized carbons (Fsp3) is 0.304. The molecule has 1 aromatic heterocycles. The molecule has 1 aliphatic rings. The lowest BCUT2D eigenvalue weighted by Gasteiger charge is -2.22. The van der Waals surface area contributed by atoms with E-state index in [0.717, 1.165) is 35.1 Å². The molecule has 0 bridgehead atoms. The molecule has 29 heavy (non-hydrogen) atoms. The fourth-order valence-corrected chi connectivity index (χ4v) is 5.14. The van der Waals surface area contributed by atoms with Crippen LogP contribution in [-0.4, -0.2) is 24.0 Å². The highest BCUT2D eigenvalue weighted by Gasteiger charge is 2.13. The Morgan fingerprint density at radius 2 is 1.79 bits per heavy atom. The number of carbonyl (C=O) groups is 1. The van der Waals surface area contributed by atoms with Gasteiger partial charge < -0.3 is 10.2 Å². The zero-order chi connectivity index (χ0) is 19.9. The Labute approximate surface area is 180 Å². The second-order valence-electron chi connectivity index (χ2n) is 7.17. The highest BCUT2D eigenvalue weighted by molar-refractivity contribution is 7.98. The first kappa shape index (κ1) is 20.0. The van der Waals surface area contributed by atoms with Gasteiger partial charge in [0.1, 0.15) is 0 Å². The molecule has 0 aliphatic carbocycles. The van der Waals surface area contributed by atoms with E-state index in [9.17, 15) is 4.79 Å². The maximum absolute atomic E-state index is 12.9. The van der Waals surface area contributed by atoms with Crippen LogP contribution in [-0.2, 0) is 5.75 Å². The summed E-state index contributed by atoms with van der Waals surface area (Å²) in [5, 5.41) is 5.09. The summed E-state index contributed by atoms with van der Waals surface area (Å²) in [6.07, 6.45) is 5.16. The number of nitrogens with one attached hydrogen (secondary N) is 1. The number of nitrogens with zero attached hydrogens (tertiary/aromatic N) is 2. The Hall–Kier alpha value is -2.31. The number of thioether (sulfide) groups is 1. The molecule has 4 rings (SSSR count). The van der Waals surface area contributed by atoms with Gasteiger partial charge in [-0.3, -0.25) is 4.79 Å². The summed E-state index contributed by atoms with van der Waals surface area (Å²) in [6.45, 7) is 2.24. The molecule has 150 valence electrons. The summed E-state index contributed by atoms with van der Waals surface area (Å²) in [6, 6.07) is 16.0. The second kappa shape index (κ2) is 9.94. The van der Waals surface area contributed by atoms with Gasteiger partial charge in [-0.1, -0.05) is 25.0 Å². The van der Waals surface area contributed by atoms with Crippen molar-refractivity contribution in [3.05, 3.63) is 70.7 Å². The van der Waals surface area contributed by atoms with Gasteiger partial charge in [-0.25, -0.2) is 4.98 Å². The number of hydrogen-bond acceptors (Lipinski definition) is 5. The van der Waals surface area contributed by atoms with Crippen LogP contribution in [0.25, 0.3) is 0 Å². The predicted octanol–water partition coefficient (Wildman–Crippen LogP) is 6.07. The molecule has 3 aromatic rings. The van der Waals surface area contributed by atoms with Crippen molar-refractivity contribution in [3.63, 3.8) is 0 Å². The first-order valence-corrected chi connectivity index (χ1v) is 12.0. The third-order valence-electron chi connectivity index (χ3n) is 5.09. The van der Waals surface area contributed by atoms with Crippen molar-refractivity contribution in [2.45, 2.75) is 36.3 Å². The van der Waals surface area contributed by atoms with Crippen LogP contribution in [0.1, 0.15) is 41.7 Å². The minimum atomic E-state index is -0.0751. The lowest BCUT2D eigenvalue weighted by molar-refractivity contribution is 0.102. The molecule has 0 unspecified atom stereocenters. The Morgan fingerprint density at radius 1 is 1.03 bits per heavy atom. The highest BCUT2D eigenvalue weighted by atomic mass is 32.2. The maximum Gasteiger partial charge on any atom is 0.256 e. The van der Waals surface area contributed by atoms with E-state index < -0.39 is 0 Å². The van der Waals surface area contributed by atoms with Gasteiger partial charge in [0.15, 0.2) is 0 Å². The van der Waals surface area contributed by atoms with Gasteiger partial charge in [-0.2, -0.15) is 0 Å². The van der Waals surface area contributed by atoms with Crippen molar-refractivity contribution in [3.8, 4) is 0 Å². The SMILES string of the molecule is O=C(Nc1ccc(N2CCCCCC2)cc1)c1ccccc1SCc1cscn1.